The second-order valence-electron chi connectivity index (χ2n) is 6.70. The first kappa shape index (κ1) is 12.9. The van der Waals surface area contributed by atoms with Gasteiger partial charge in [-0.05, 0) is 48.8 Å². The standard InChI is InChI=1S/C20H23N/c1-14-7-5-11-17-18-12-6-10-16(20(18)21-19(14)17)13-15-8-3-2-4-9-15/h2-5,7-9,11,16,18,20-21H,6,10,12-13H2,1H3. The van der Waals surface area contributed by atoms with Gasteiger partial charge >= 0.3 is 0 Å². The Morgan fingerprint density at radius 2 is 1.86 bits per heavy atom. The van der Waals surface area contributed by atoms with Gasteiger partial charge in [0, 0.05) is 17.6 Å². The summed E-state index contributed by atoms with van der Waals surface area (Å²) in [4.78, 5) is 0. The van der Waals surface area contributed by atoms with Crippen LogP contribution >= 0.6 is 0 Å². The smallest absolute Gasteiger partial charge is 0.0408 e. The monoisotopic (exact) mass is 277 g/mol. The van der Waals surface area contributed by atoms with Crippen LogP contribution in [-0.4, -0.2) is 6.04 Å². The van der Waals surface area contributed by atoms with Crippen LogP contribution in [-0.2, 0) is 6.42 Å². The van der Waals surface area contributed by atoms with Gasteiger partial charge in [-0.3, -0.25) is 0 Å². The van der Waals surface area contributed by atoms with Gasteiger partial charge < -0.3 is 5.32 Å². The molecule has 0 aromatic heterocycles. The van der Waals surface area contributed by atoms with Crippen LogP contribution in [0.25, 0.3) is 0 Å². The van der Waals surface area contributed by atoms with Gasteiger partial charge in [0.15, 0.2) is 0 Å². The van der Waals surface area contributed by atoms with Gasteiger partial charge in [0.1, 0.15) is 0 Å². The highest BCUT2D eigenvalue weighted by molar-refractivity contribution is 5.64. The number of fused-ring (bicyclic) bond motifs is 3. The Hall–Kier alpha value is -1.76. The molecule has 1 saturated carbocycles. The molecule has 3 atom stereocenters. The van der Waals surface area contributed by atoms with Gasteiger partial charge in [-0.2, -0.15) is 0 Å². The molecule has 0 spiro atoms. The summed E-state index contributed by atoms with van der Waals surface area (Å²) in [6.07, 6.45) is 5.28. The number of hydrogen-bond acceptors (Lipinski definition) is 1. The normalized spacial score (nSPS) is 26.8. The Bertz CT molecular complexity index is 632. The fourth-order valence-electron chi connectivity index (χ4n) is 4.36. The van der Waals surface area contributed by atoms with Crippen molar-refractivity contribution in [3.05, 3.63) is 65.2 Å². The largest absolute Gasteiger partial charge is 0.381 e. The van der Waals surface area contributed by atoms with Crippen molar-refractivity contribution in [2.24, 2.45) is 5.92 Å². The summed E-state index contributed by atoms with van der Waals surface area (Å²) < 4.78 is 0. The fraction of sp³-hybridized carbons (Fsp3) is 0.400. The first-order chi connectivity index (χ1) is 10.3. The topological polar surface area (TPSA) is 12.0 Å². The van der Waals surface area contributed by atoms with Gasteiger partial charge in [-0.15, -0.1) is 0 Å². The van der Waals surface area contributed by atoms with Crippen LogP contribution in [0.2, 0.25) is 0 Å². The number of benzene rings is 2. The lowest BCUT2D eigenvalue weighted by Gasteiger charge is -2.34. The number of para-hydroxylation sites is 1. The third kappa shape index (κ3) is 2.25. The third-order valence-corrected chi connectivity index (χ3v) is 5.39. The minimum atomic E-state index is 0.634. The Morgan fingerprint density at radius 3 is 2.71 bits per heavy atom. The van der Waals surface area contributed by atoms with Crippen molar-refractivity contribution in [2.75, 3.05) is 5.32 Å². The average molecular weight is 277 g/mol. The number of nitrogens with one attached hydrogen (secondary N) is 1. The Labute approximate surface area is 127 Å². The molecule has 0 saturated heterocycles. The van der Waals surface area contributed by atoms with E-state index in [1.807, 2.05) is 0 Å². The minimum Gasteiger partial charge on any atom is -0.381 e. The van der Waals surface area contributed by atoms with Crippen LogP contribution in [0, 0.1) is 12.8 Å². The van der Waals surface area contributed by atoms with E-state index in [2.05, 4.69) is 60.8 Å². The first-order valence-electron chi connectivity index (χ1n) is 8.23. The molecule has 0 amide bonds. The van der Waals surface area contributed by atoms with E-state index in [1.54, 1.807) is 5.56 Å². The van der Waals surface area contributed by atoms with Crippen molar-refractivity contribution in [1.82, 2.24) is 0 Å². The van der Waals surface area contributed by atoms with Crippen LogP contribution in [0.15, 0.2) is 48.5 Å². The number of aryl methyl sites for hydroxylation is 1. The lowest BCUT2D eigenvalue weighted by molar-refractivity contribution is 0.299. The lowest BCUT2D eigenvalue weighted by Crippen LogP contribution is -2.35. The summed E-state index contributed by atoms with van der Waals surface area (Å²) in [7, 11) is 0. The first-order valence-corrected chi connectivity index (χ1v) is 8.23. The molecule has 2 aromatic carbocycles. The van der Waals surface area contributed by atoms with E-state index in [9.17, 15) is 0 Å². The van der Waals surface area contributed by atoms with Crippen LogP contribution in [0.3, 0.4) is 0 Å². The van der Waals surface area contributed by atoms with Crippen molar-refractivity contribution in [3.63, 3.8) is 0 Å². The van der Waals surface area contributed by atoms with Gasteiger partial charge in [0.2, 0.25) is 0 Å². The molecule has 3 unspecified atom stereocenters. The Kier molecular flexibility index (Phi) is 3.21. The molecule has 1 aliphatic heterocycles. The van der Waals surface area contributed by atoms with E-state index in [0.717, 1.165) is 11.8 Å². The van der Waals surface area contributed by atoms with Crippen LogP contribution in [0.5, 0.6) is 0 Å². The molecule has 2 aromatic rings. The molecule has 0 radical (unpaired) electrons. The zero-order chi connectivity index (χ0) is 14.2. The van der Waals surface area contributed by atoms with E-state index in [4.69, 9.17) is 0 Å². The predicted octanol–water partition coefficient (Wildman–Crippen LogP) is 4.92. The van der Waals surface area contributed by atoms with Crippen molar-refractivity contribution in [1.29, 1.82) is 0 Å². The van der Waals surface area contributed by atoms with Gasteiger partial charge in [0.05, 0.1) is 0 Å². The minimum absolute atomic E-state index is 0.634. The molecule has 1 aliphatic carbocycles. The molecule has 1 nitrogen and oxygen atoms in total. The number of anilines is 1. The second kappa shape index (κ2) is 5.22. The summed E-state index contributed by atoms with van der Waals surface area (Å²) in [5.74, 6) is 1.49. The van der Waals surface area contributed by atoms with Gasteiger partial charge in [0.25, 0.3) is 0 Å². The predicted molar refractivity (Wildman–Crippen MR) is 88.8 cm³/mol. The maximum atomic E-state index is 3.88. The maximum absolute atomic E-state index is 3.88. The highest BCUT2D eigenvalue weighted by atomic mass is 15.0. The molecule has 21 heavy (non-hydrogen) atoms. The quantitative estimate of drug-likeness (QED) is 0.822. The molecule has 1 heterocycles. The number of hydrogen-bond donors (Lipinski definition) is 1. The molecular formula is C20H23N. The molecule has 1 heteroatoms. The van der Waals surface area contributed by atoms with Crippen molar-refractivity contribution < 1.29 is 0 Å². The summed E-state index contributed by atoms with van der Waals surface area (Å²) >= 11 is 0. The summed E-state index contributed by atoms with van der Waals surface area (Å²) in [6.45, 7) is 2.23. The van der Waals surface area contributed by atoms with E-state index < -0.39 is 0 Å². The Balaban J connectivity index is 1.61. The summed E-state index contributed by atoms with van der Waals surface area (Å²) in [5, 5.41) is 3.88. The molecular weight excluding hydrogens is 254 g/mol. The van der Waals surface area contributed by atoms with Crippen molar-refractivity contribution in [3.8, 4) is 0 Å². The molecule has 1 fully saturated rings. The maximum Gasteiger partial charge on any atom is 0.0408 e. The van der Waals surface area contributed by atoms with Crippen LogP contribution in [0.4, 0.5) is 5.69 Å². The lowest BCUT2D eigenvalue weighted by atomic mass is 9.74. The number of rotatable bonds is 2. The summed E-state index contributed by atoms with van der Waals surface area (Å²) in [5.41, 5.74) is 5.88. The fourth-order valence-corrected chi connectivity index (χ4v) is 4.36. The molecule has 2 aliphatic rings. The van der Waals surface area contributed by atoms with E-state index in [1.165, 1.54) is 42.5 Å². The van der Waals surface area contributed by atoms with E-state index >= 15 is 0 Å². The SMILES string of the molecule is Cc1cccc2c1NC1C(Cc3ccccc3)CCCC21. The highest BCUT2D eigenvalue weighted by Gasteiger charge is 2.39. The van der Waals surface area contributed by atoms with Gasteiger partial charge in [-0.25, -0.2) is 0 Å². The average Bonchev–Trinajstić information content (AvgIpc) is 2.90. The van der Waals surface area contributed by atoms with Crippen molar-refractivity contribution in [2.45, 2.75) is 44.6 Å². The molecule has 108 valence electrons. The van der Waals surface area contributed by atoms with Crippen LogP contribution < -0.4 is 5.32 Å². The summed E-state index contributed by atoms with van der Waals surface area (Å²) in [6, 6.07) is 18.4. The molecule has 4 rings (SSSR count). The second-order valence-corrected chi connectivity index (χ2v) is 6.70. The van der Waals surface area contributed by atoms with Gasteiger partial charge in [-0.1, -0.05) is 55.0 Å². The van der Waals surface area contributed by atoms with E-state index in [0.29, 0.717) is 6.04 Å². The zero-order valence-corrected chi connectivity index (χ0v) is 12.7. The molecule has 1 N–H and O–H groups in total. The highest BCUT2D eigenvalue weighted by Crippen LogP contribution is 2.47. The third-order valence-electron chi connectivity index (χ3n) is 5.39. The van der Waals surface area contributed by atoms with Crippen molar-refractivity contribution >= 4 is 5.69 Å². The van der Waals surface area contributed by atoms with E-state index in [-0.39, 0.29) is 0 Å². The zero-order valence-electron chi connectivity index (χ0n) is 12.7. The molecule has 0 bridgehead atoms. The van der Waals surface area contributed by atoms with Crippen LogP contribution in [0.1, 0.15) is 41.9 Å². The Morgan fingerprint density at radius 1 is 1.00 bits per heavy atom.